The van der Waals surface area contributed by atoms with Gasteiger partial charge in [-0.1, -0.05) is 13.8 Å². The van der Waals surface area contributed by atoms with E-state index >= 15 is 0 Å². The summed E-state index contributed by atoms with van der Waals surface area (Å²) in [5.41, 5.74) is 0.106. The highest BCUT2D eigenvalue weighted by atomic mass is 16.4. The monoisotopic (exact) mass is 197 g/mol. The molecule has 0 bridgehead atoms. The largest absolute Gasteiger partial charge is 0.480 e. The highest BCUT2D eigenvalue weighted by Gasteiger charge is 2.69. The van der Waals surface area contributed by atoms with Gasteiger partial charge in [0.1, 0.15) is 6.04 Å². The molecule has 78 valence electrons. The fourth-order valence-corrected chi connectivity index (χ4v) is 2.89. The molecule has 0 aromatic heterocycles. The van der Waals surface area contributed by atoms with Gasteiger partial charge in [0.15, 0.2) is 0 Å². The number of hydrogen-bond donors (Lipinski definition) is 1. The SMILES string of the molecule is CC(=O)N1C[C@H]2[C@@H]([C@H]1C(=O)O)C2(C)C. The fraction of sp³-hybridized carbons (Fsp3) is 0.800. The van der Waals surface area contributed by atoms with Crippen molar-refractivity contribution < 1.29 is 14.7 Å². The lowest BCUT2D eigenvalue weighted by Gasteiger charge is -2.26. The second-order valence-electron chi connectivity index (χ2n) is 4.91. The summed E-state index contributed by atoms with van der Waals surface area (Å²) in [4.78, 5) is 23.7. The molecule has 1 aliphatic carbocycles. The quantitative estimate of drug-likeness (QED) is 0.668. The van der Waals surface area contributed by atoms with Crippen LogP contribution < -0.4 is 0 Å². The second kappa shape index (κ2) is 2.49. The van der Waals surface area contributed by atoms with E-state index in [1.165, 1.54) is 11.8 Å². The first-order chi connectivity index (χ1) is 6.37. The normalized spacial score (nSPS) is 37.9. The molecule has 0 spiro atoms. The Morgan fingerprint density at radius 1 is 1.43 bits per heavy atom. The van der Waals surface area contributed by atoms with Crippen molar-refractivity contribution in [3.8, 4) is 0 Å². The van der Waals surface area contributed by atoms with Gasteiger partial charge < -0.3 is 10.0 Å². The first-order valence-corrected chi connectivity index (χ1v) is 4.87. The average molecular weight is 197 g/mol. The first-order valence-electron chi connectivity index (χ1n) is 4.87. The molecule has 14 heavy (non-hydrogen) atoms. The molecule has 1 saturated heterocycles. The van der Waals surface area contributed by atoms with Crippen molar-refractivity contribution in [2.75, 3.05) is 6.54 Å². The Labute approximate surface area is 82.9 Å². The summed E-state index contributed by atoms with van der Waals surface area (Å²) in [5, 5.41) is 9.07. The van der Waals surface area contributed by atoms with E-state index in [0.717, 1.165) is 0 Å². The lowest BCUT2D eigenvalue weighted by molar-refractivity contribution is -0.149. The van der Waals surface area contributed by atoms with Gasteiger partial charge in [0, 0.05) is 19.4 Å². The minimum Gasteiger partial charge on any atom is -0.480 e. The topological polar surface area (TPSA) is 57.6 Å². The minimum atomic E-state index is -0.863. The Kier molecular flexibility index (Phi) is 1.69. The Hall–Kier alpha value is -1.06. The molecule has 0 aromatic rings. The molecule has 1 saturated carbocycles. The lowest BCUT2D eigenvalue weighted by Crippen LogP contribution is -2.44. The molecular weight excluding hydrogens is 182 g/mol. The summed E-state index contributed by atoms with van der Waals surface area (Å²) in [5.74, 6) is -0.449. The van der Waals surface area contributed by atoms with E-state index in [0.29, 0.717) is 12.5 Å². The van der Waals surface area contributed by atoms with Crippen molar-refractivity contribution in [1.82, 2.24) is 4.90 Å². The number of likely N-dealkylation sites (tertiary alicyclic amines) is 1. The van der Waals surface area contributed by atoms with Crippen LogP contribution in [0.5, 0.6) is 0 Å². The van der Waals surface area contributed by atoms with Gasteiger partial charge in [-0.15, -0.1) is 0 Å². The first kappa shape index (κ1) is 9.49. The number of nitrogens with zero attached hydrogens (tertiary/aromatic N) is 1. The van der Waals surface area contributed by atoms with Crippen LogP contribution in [0.4, 0.5) is 0 Å². The summed E-state index contributed by atoms with van der Waals surface area (Å²) in [7, 11) is 0. The third kappa shape index (κ3) is 0.996. The van der Waals surface area contributed by atoms with E-state index in [1.54, 1.807) is 0 Å². The minimum absolute atomic E-state index is 0.106. The van der Waals surface area contributed by atoms with E-state index in [1.807, 2.05) is 0 Å². The number of aliphatic carboxylic acids is 1. The Morgan fingerprint density at radius 2 is 2.00 bits per heavy atom. The molecule has 4 nitrogen and oxygen atoms in total. The number of amides is 1. The summed E-state index contributed by atoms with van der Waals surface area (Å²) < 4.78 is 0. The zero-order valence-electron chi connectivity index (χ0n) is 8.65. The molecule has 1 aliphatic heterocycles. The number of piperidine rings is 1. The summed E-state index contributed by atoms with van der Waals surface area (Å²) in [6, 6.07) is -0.590. The van der Waals surface area contributed by atoms with Crippen molar-refractivity contribution in [3.05, 3.63) is 0 Å². The smallest absolute Gasteiger partial charge is 0.326 e. The fourth-order valence-electron chi connectivity index (χ4n) is 2.89. The second-order valence-corrected chi connectivity index (χ2v) is 4.91. The Bertz CT molecular complexity index is 310. The van der Waals surface area contributed by atoms with Crippen LogP contribution in [0.15, 0.2) is 0 Å². The van der Waals surface area contributed by atoms with E-state index in [4.69, 9.17) is 5.11 Å². The zero-order valence-corrected chi connectivity index (χ0v) is 8.65. The molecular formula is C10H15NO3. The molecule has 4 heteroatoms. The Morgan fingerprint density at radius 3 is 2.43 bits per heavy atom. The molecule has 2 fully saturated rings. The number of rotatable bonds is 1. The van der Waals surface area contributed by atoms with Crippen LogP contribution >= 0.6 is 0 Å². The van der Waals surface area contributed by atoms with Gasteiger partial charge in [-0.3, -0.25) is 4.79 Å². The van der Waals surface area contributed by atoms with Gasteiger partial charge in [0.05, 0.1) is 0 Å². The number of fused-ring (bicyclic) bond motifs is 1. The van der Waals surface area contributed by atoms with E-state index in [9.17, 15) is 9.59 Å². The van der Waals surface area contributed by atoms with Crippen LogP contribution in [0.25, 0.3) is 0 Å². The predicted octanol–water partition coefficient (Wildman–Crippen LogP) is 0.574. The zero-order chi connectivity index (χ0) is 10.7. The van der Waals surface area contributed by atoms with Crippen molar-refractivity contribution in [2.24, 2.45) is 17.3 Å². The molecule has 3 atom stereocenters. The lowest BCUT2D eigenvalue weighted by atomic mass is 10.0. The van der Waals surface area contributed by atoms with Gasteiger partial charge in [-0.25, -0.2) is 4.79 Å². The maximum atomic E-state index is 11.2. The molecule has 2 aliphatic rings. The van der Waals surface area contributed by atoms with Crippen molar-refractivity contribution in [3.63, 3.8) is 0 Å². The third-order valence-corrected chi connectivity index (χ3v) is 3.87. The van der Waals surface area contributed by atoms with Gasteiger partial charge in [0.25, 0.3) is 0 Å². The van der Waals surface area contributed by atoms with Gasteiger partial charge in [-0.2, -0.15) is 0 Å². The molecule has 0 unspecified atom stereocenters. The Balaban J connectivity index is 2.23. The highest BCUT2D eigenvalue weighted by molar-refractivity contribution is 5.84. The number of carboxylic acid groups (broad SMARTS) is 1. The van der Waals surface area contributed by atoms with E-state index < -0.39 is 12.0 Å². The van der Waals surface area contributed by atoms with Crippen LogP contribution in [0.1, 0.15) is 20.8 Å². The van der Waals surface area contributed by atoms with E-state index in [-0.39, 0.29) is 17.2 Å². The van der Waals surface area contributed by atoms with Crippen LogP contribution in [-0.2, 0) is 9.59 Å². The molecule has 1 N–H and O–H groups in total. The molecule has 1 amide bonds. The maximum Gasteiger partial charge on any atom is 0.326 e. The summed E-state index contributed by atoms with van der Waals surface area (Å²) >= 11 is 0. The van der Waals surface area contributed by atoms with Crippen LogP contribution in [0, 0.1) is 17.3 Å². The highest BCUT2D eigenvalue weighted by Crippen LogP contribution is 2.64. The van der Waals surface area contributed by atoms with Gasteiger partial charge in [0.2, 0.25) is 5.91 Å². The van der Waals surface area contributed by atoms with Crippen LogP contribution in [0.2, 0.25) is 0 Å². The van der Waals surface area contributed by atoms with Crippen LogP contribution in [0.3, 0.4) is 0 Å². The van der Waals surface area contributed by atoms with E-state index in [2.05, 4.69) is 13.8 Å². The molecule has 1 heterocycles. The molecule has 2 rings (SSSR count). The number of hydrogen-bond acceptors (Lipinski definition) is 2. The summed E-state index contributed by atoms with van der Waals surface area (Å²) in [6.07, 6.45) is 0. The number of carbonyl (C=O) groups excluding carboxylic acids is 1. The van der Waals surface area contributed by atoms with Gasteiger partial charge in [-0.05, 0) is 11.3 Å². The average Bonchev–Trinajstić information content (AvgIpc) is 2.47. The van der Waals surface area contributed by atoms with Crippen molar-refractivity contribution >= 4 is 11.9 Å². The summed E-state index contributed by atoms with van der Waals surface area (Å²) in [6.45, 7) is 6.21. The number of carboxylic acids is 1. The molecule has 0 radical (unpaired) electrons. The van der Waals surface area contributed by atoms with Crippen LogP contribution in [-0.4, -0.2) is 34.5 Å². The number of carbonyl (C=O) groups is 2. The predicted molar refractivity (Wildman–Crippen MR) is 49.6 cm³/mol. The maximum absolute atomic E-state index is 11.2. The van der Waals surface area contributed by atoms with Crippen molar-refractivity contribution in [2.45, 2.75) is 26.8 Å². The molecule has 0 aromatic carbocycles. The third-order valence-electron chi connectivity index (χ3n) is 3.87. The standard InChI is InChI=1S/C10H15NO3/c1-5(12)11-4-6-7(10(6,2)3)8(11)9(13)14/h6-8H,4H2,1-3H3,(H,13,14)/t6-,7-,8-/m0/s1. The van der Waals surface area contributed by atoms with Crippen molar-refractivity contribution in [1.29, 1.82) is 0 Å². The van der Waals surface area contributed by atoms with Gasteiger partial charge >= 0.3 is 5.97 Å².